The average Bonchev–Trinajstić information content (AvgIpc) is 2.96. The monoisotopic (exact) mass is 299 g/mol. The lowest BCUT2D eigenvalue weighted by Crippen LogP contribution is -2.05. The minimum atomic E-state index is 0.635. The second kappa shape index (κ2) is 6.05. The number of aryl methyl sites for hydroxylation is 1. The molecule has 0 aliphatic rings. The molecule has 0 radical (unpaired) electrons. The normalized spacial score (nSPS) is 10.8. The lowest BCUT2D eigenvalue weighted by atomic mass is 10.3. The summed E-state index contributed by atoms with van der Waals surface area (Å²) in [5, 5.41) is 7.46. The second-order valence-electron chi connectivity index (χ2n) is 4.61. The summed E-state index contributed by atoms with van der Waals surface area (Å²) in [5.41, 5.74) is 0.987. The molecule has 6 heteroatoms. The van der Waals surface area contributed by atoms with Crippen LogP contribution in [0, 0.1) is 0 Å². The van der Waals surface area contributed by atoms with Gasteiger partial charge < -0.3 is 10.6 Å². The molecule has 0 aromatic carbocycles. The number of hydrogen-bond acceptors (Lipinski definition) is 6. The molecule has 0 saturated carbocycles. The Bertz CT molecular complexity index is 738. The van der Waals surface area contributed by atoms with Crippen molar-refractivity contribution in [3.8, 4) is 0 Å². The number of hydrogen-bond donors (Lipinski definition) is 2. The van der Waals surface area contributed by atoms with Crippen LogP contribution in [0.5, 0.6) is 0 Å². The summed E-state index contributed by atoms with van der Waals surface area (Å²) in [6.45, 7) is 2.80. The SMILES string of the molecule is CCc1cc2c(NCc3ccccn3)nc(NC)nc2s1. The third kappa shape index (κ3) is 2.95. The number of thiophene rings is 1. The van der Waals surface area contributed by atoms with Crippen molar-refractivity contribution in [1.29, 1.82) is 0 Å². The van der Waals surface area contributed by atoms with Crippen molar-refractivity contribution in [3.05, 3.63) is 41.0 Å². The molecule has 5 nitrogen and oxygen atoms in total. The molecular weight excluding hydrogens is 282 g/mol. The van der Waals surface area contributed by atoms with E-state index in [1.54, 1.807) is 17.5 Å². The molecule has 0 bridgehead atoms. The molecule has 0 spiro atoms. The van der Waals surface area contributed by atoms with Crippen LogP contribution in [0.4, 0.5) is 11.8 Å². The molecule has 0 atom stereocenters. The van der Waals surface area contributed by atoms with E-state index >= 15 is 0 Å². The number of nitrogens with zero attached hydrogens (tertiary/aromatic N) is 3. The first-order chi connectivity index (χ1) is 10.3. The van der Waals surface area contributed by atoms with E-state index in [4.69, 9.17) is 0 Å². The summed E-state index contributed by atoms with van der Waals surface area (Å²) in [7, 11) is 1.83. The highest BCUT2D eigenvalue weighted by Gasteiger charge is 2.10. The van der Waals surface area contributed by atoms with Gasteiger partial charge in [0.2, 0.25) is 5.95 Å². The molecule has 108 valence electrons. The van der Waals surface area contributed by atoms with Crippen molar-refractivity contribution in [2.24, 2.45) is 0 Å². The highest BCUT2D eigenvalue weighted by Crippen LogP contribution is 2.30. The van der Waals surface area contributed by atoms with Gasteiger partial charge in [-0.1, -0.05) is 13.0 Å². The van der Waals surface area contributed by atoms with E-state index in [-0.39, 0.29) is 0 Å². The van der Waals surface area contributed by atoms with Crippen LogP contribution in [0.3, 0.4) is 0 Å². The highest BCUT2D eigenvalue weighted by molar-refractivity contribution is 7.18. The van der Waals surface area contributed by atoms with Crippen LogP contribution in [0.25, 0.3) is 10.2 Å². The van der Waals surface area contributed by atoms with Crippen molar-refractivity contribution in [3.63, 3.8) is 0 Å². The van der Waals surface area contributed by atoms with Gasteiger partial charge in [-0.15, -0.1) is 11.3 Å². The molecule has 3 heterocycles. The molecule has 3 aromatic rings. The van der Waals surface area contributed by atoms with Gasteiger partial charge in [-0.05, 0) is 24.6 Å². The van der Waals surface area contributed by atoms with Gasteiger partial charge in [0.1, 0.15) is 10.6 Å². The Balaban J connectivity index is 1.94. The molecule has 0 unspecified atom stereocenters. The summed E-state index contributed by atoms with van der Waals surface area (Å²) in [5.74, 6) is 1.49. The fraction of sp³-hybridized carbons (Fsp3) is 0.267. The molecule has 0 amide bonds. The van der Waals surface area contributed by atoms with Gasteiger partial charge in [0.05, 0.1) is 17.6 Å². The fourth-order valence-electron chi connectivity index (χ4n) is 2.07. The number of rotatable bonds is 5. The van der Waals surface area contributed by atoms with E-state index in [2.05, 4.69) is 38.6 Å². The zero-order valence-corrected chi connectivity index (χ0v) is 12.9. The Kier molecular flexibility index (Phi) is 3.96. The van der Waals surface area contributed by atoms with Crippen molar-refractivity contribution >= 4 is 33.3 Å². The van der Waals surface area contributed by atoms with Crippen molar-refractivity contribution < 1.29 is 0 Å². The Morgan fingerprint density at radius 2 is 2.14 bits per heavy atom. The molecule has 21 heavy (non-hydrogen) atoms. The Morgan fingerprint density at radius 3 is 2.86 bits per heavy atom. The fourth-order valence-corrected chi connectivity index (χ4v) is 3.04. The van der Waals surface area contributed by atoms with E-state index in [1.807, 2.05) is 25.2 Å². The van der Waals surface area contributed by atoms with Crippen LogP contribution >= 0.6 is 11.3 Å². The second-order valence-corrected chi connectivity index (χ2v) is 5.72. The average molecular weight is 299 g/mol. The van der Waals surface area contributed by atoms with Gasteiger partial charge in [0, 0.05) is 18.1 Å². The minimum Gasteiger partial charge on any atom is -0.364 e. The van der Waals surface area contributed by atoms with E-state index in [0.717, 1.165) is 28.1 Å². The van der Waals surface area contributed by atoms with Crippen molar-refractivity contribution in [2.75, 3.05) is 17.7 Å². The van der Waals surface area contributed by atoms with Crippen LogP contribution in [0.2, 0.25) is 0 Å². The van der Waals surface area contributed by atoms with E-state index < -0.39 is 0 Å². The van der Waals surface area contributed by atoms with E-state index in [1.165, 1.54) is 4.88 Å². The maximum absolute atomic E-state index is 4.53. The summed E-state index contributed by atoms with van der Waals surface area (Å²) in [6, 6.07) is 8.06. The third-order valence-electron chi connectivity index (χ3n) is 3.18. The smallest absolute Gasteiger partial charge is 0.225 e. The zero-order chi connectivity index (χ0) is 14.7. The van der Waals surface area contributed by atoms with Gasteiger partial charge in [-0.25, -0.2) is 4.98 Å². The zero-order valence-electron chi connectivity index (χ0n) is 12.1. The predicted octanol–water partition coefficient (Wildman–Crippen LogP) is 3.30. The molecular formula is C15H17N5S. The van der Waals surface area contributed by atoms with Crippen LogP contribution in [0.15, 0.2) is 30.5 Å². The Morgan fingerprint density at radius 1 is 1.24 bits per heavy atom. The van der Waals surface area contributed by atoms with E-state index in [0.29, 0.717) is 12.5 Å². The minimum absolute atomic E-state index is 0.635. The third-order valence-corrected chi connectivity index (χ3v) is 4.35. The van der Waals surface area contributed by atoms with Crippen LogP contribution in [-0.4, -0.2) is 22.0 Å². The van der Waals surface area contributed by atoms with Crippen molar-refractivity contribution in [1.82, 2.24) is 15.0 Å². The lowest BCUT2D eigenvalue weighted by Gasteiger charge is -2.08. The van der Waals surface area contributed by atoms with Crippen LogP contribution in [-0.2, 0) is 13.0 Å². The Labute approximate surface area is 127 Å². The molecule has 3 aromatic heterocycles. The van der Waals surface area contributed by atoms with Gasteiger partial charge >= 0.3 is 0 Å². The van der Waals surface area contributed by atoms with Gasteiger partial charge in [-0.2, -0.15) is 4.98 Å². The molecule has 3 rings (SSSR count). The summed E-state index contributed by atoms with van der Waals surface area (Å²) in [6.07, 6.45) is 2.81. The number of pyridine rings is 1. The first kappa shape index (κ1) is 13.8. The van der Waals surface area contributed by atoms with Gasteiger partial charge in [-0.3, -0.25) is 4.98 Å². The van der Waals surface area contributed by atoms with Crippen molar-refractivity contribution in [2.45, 2.75) is 19.9 Å². The van der Waals surface area contributed by atoms with Crippen LogP contribution in [0.1, 0.15) is 17.5 Å². The number of anilines is 2. The summed E-state index contributed by atoms with van der Waals surface area (Å²) in [4.78, 5) is 15.7. The maximum atomic E-state index is 4.53. The molecule has 0 fully saturated rings. The summed E-state index contributed by atoms with van der Waals surface area (Å²) >= 11 is 1.72. The first-order valence-corrected chi connectivity index (χ1v) is 7.73. The molecule has 2 N–H and O–H groups in total. The topological polar surface area (TPSA) is 62.7 Å². The van der Waals surface area contributed by atoms with E-state index in [9.17, 15) is 0 Å². The predicted molar refractivity (Wildman–Crippen MR) is 87.9 cm³/mol. The lowest BCUT2D eigenvalue weighted by molar-refractivity contribution is 1.03. The molecule has 0 saturated heterocycles. The number of nitrogens with one attached hydrogen (secondary N) is 2. The van der Waals surface area contributed by atoms with Gasteiger partial charge in [0.15, 0.2) is 0 Å². The molecule has 0 aliphatic heterocycles. The number of aromatic nitrogens is 3. The first-order valence-electron chi connectivity index (χ1n) is 6.92. The highest BCUT2D eigenvalue weighted by atomic mass is 32.1. The standard InChI is InChI=1S/C15H17N5S/c1-3-11-8-12-13(18-9-10-6-4-5-7-17-10)19-15(16-2)20-14(12)21-11/h4-8H,3,9H2,1-2H3,(H2,16,18,19,20). The summed E-state index contributed by atoms with van der Waals surface area (Å²) < 4.78 is 0. The van der Waals surface area contributed by atoms with Crippen LogP contribution < -0.4 is 10.6 Å². The molecule has 0 aliphatic carbocycles. The maximum Gasteiger partial charge on any atom is 0.225 e. The van der Waals surface area contributed by atoms with Gasteiger partial charge in [0.25, 0.3) is 0 Å². The largest absolute Gasteiger partial charge is 0.364 e. The quantitative estimate of drug-likeness (QED) is 0.757. The Hall–Kier alpha value is -2.21. The number of fused-ring (bicyclic) bond motifs is 1.